The molecule has 0 radical (unpaired) electrons. The Balaban J connectivity index is 1.51. The predicted molar refractivity (Wildman–Crippen MR) is 107 cm³/mol. The number of nitrogens with two attached hydrogens (primary N) is 1. The van der Waals surface area contributed by atoms with Crippen molar-refractivity contribution < 1.29 is 13.2 Å². The van der Waals surface area contributed by atoms with Gasteiger partial charge < -0.3 is 10.6 Å². The van der Waals surface area contributed by atoms with Crippen molar-refractivity contribution >= 4 is 55.5 Å². The summed E-state index contributed by atoms with van der Waals surface area (Å²) in [6.07, 6.45) is 0. The maximum absolute atomic E-state index is 12.0. The summed E-state index contributed by atoms with van der Waals surface area (Å²) in [4.78, 5) is 12.0. The molecule has 0 aliphatic rings. The Kier molecular flexibility index (Phi) is 6.06. The number of anilines is 3. The number of aromatic nitrogens is 2. The molecule has 0 aliphatic heterocycles. The normalized spacial score (nSPS) is 11.1. The number of benzene rings is 2. The Bertz CT molecular complexity index is 1020. The highest BCUT2D eigenvalue weighted by atomic mass is 32.2. The van der Waals surface area contributed by atoms with Gasteiger partial charge in [-0.2, -0.15) is 0 Å². The number of thioether (sulfide) groups is 1. The van der Waals surface area contributed by atoms with Gasteiger partial charge in [0, 0.05) is 11.4 Å². The number of sulfonamides is 1. The summed E-state index contributed by atoms with van der Waals surface area (Å²) < 4.78 is 23.1. The maximum Gasteiger partial charge on any atom is 0.238 e. The van der Waals surface area contributed by atoms with Crippen LogP contribution in [0.15, 0.2) is 63.8 Å². The summed E-state index contributed by atoms with van der Waals surface area (Å²) in [6, 6.07) is 15.2. The molecule has 0 saturated heterocycles. The molecule has 1 heterocycles. The van der Waals surface area contributed by atoms with E-state index in [1.165, 1.54) is 47.4 Å². The summed E-state index contributed by atoms with van der Waals surface area (Å²) in [6.45, 7) is 0. The Morgan fingerprint density at radius 2 is 1.74 bits per heavy atom. The zero-order valence-electron chi connectivity index (χ0n) is 13.8. The third-order valence-corrected chi connectivity index (χ3v) is 6.13. The van der Waals surface area contributed by atoms with E-state index in [1.54, 1.807) is 0 Å². The molecule has 3 rings (SSSR count). The molecule has 3 aromatic rings. The standard InChI is InChI=1S/C16H15N5O3S3/c17-27(23,24)13-8-6-12(7-9-13)18-14(22)10-25-16-21-20-15(26-16)19-11-4-2-1-3-5-11/h1-9H,10H2,(H,18,22)(H,19,20)(H2,17,23,24). The molecule has 0 saturated carbocycles. The smallest absolute Gasteiger partial charge is 0.238 e. The number of amides is 1. The van der Waals surface area contributed by atoms with Crippen LogP contribution >= 0.6 is 23.1 Å². The van der Waals surface area contributed by atoms with Crippen LogP contribution in [0.4, 0.5) is 16.5 Å². The molecule has 8 nitrogen and oxygen atoms in total. The second-order valence-electron chi connectivity index (χ2n) is 5.27. The molecule has 0 spiro atoms. The first-order valence-corrected chi connectivity index (χ1v) is 11.0. The second-order valence-corrected chi connectivity index (χ2v) is 9.03. The van der Waals surface area contributed by atoms with Crippen molar-refractivity contribution in [3.05, 3.63) is 54.6 Å². The van der Waals surface area contributed by atoms with Gasteiger partial charge >= 0.3 is 0 Å². The van der Waals surface area contributed by atoms with Crippen LogP contribution < -0.4 is 15.8 Å². The van der Waals surface area contributed by atoms with E-state index in [-0.39, 0.29) is 16.6 Å². The van der Waals surface area contributed by atoms with E-state index in [9.17, 15) is 13.2 Å². The third kappa shape index (κ3) is 5.76. The molecular weight excluding hydrogens is 406 g/mol. The van der Waals surface area contributed by atoms with Crippen LogP contribution in [0.3, 0.4) is 0 Å². The number of primary sulfonamides is 1. The summed E-state index contributed by atoms with van der Waals surface area (Å²) in [5, 5.41) is 19.6. The average molecular weight is 422 g/mol. The summed E-state index contributed by atoms with van der Waals surface area (Å²) in [5.74, 6) is -0.0900. The number of nitrogens with zero attached hydrogens (tertiary/aromatic N) is 2. The lowest BCUT2D eigenvalue weighted by atomic mass is 10.3. The summed E-state index contributed by atoms with van der Waals surface area (Å²) in [7, 11) is -3.75. The number of hydrogen-bond acceptors (Lipinski definition) is 8. The third-order valence-electron chi connectivity index (χ3n) is 3.22. The van der Waals surface area contributed by atoms with Crippen molar-refractivity contribution in [3.8, 4) is 0 Å². The molecule has 11 heteroatoms. The first-order valence-electron chi connectivity index (χ1n) is 7.61. The number of rotatable bonds is 7. The highest BCUT2D eigenvalue weighted by Crippen LogP contribution is 2.27. The molecule has 2 aromatic carbocycles. The lowest BCUT2D eigenvalue weighted by Gasteiger charge is -2.05. The van der Waals surface area contributed by atoms with Gasteiger partial charge in [-0.25, -0.2) is 13.6 Å². The van der Waals surface area contributed by atoms with Crippen LogP contribution in [0.25, 0.3) is 0 Å². The molecule has 0 aliphatic carbocycles. The Morgan fingerprint density at radius 1 is 1.04 bits per heavy atom. The van der Waals surface area contributed by atoms with Gasteiger partial charge in [0.1, 0.15) is 0 Å². The molecule has 1 amide bonds. The molecule has 0 atom stereocenters. The fraction of sp³-hybridized carbons (Fsp3) is 0.0625. The monoisotopic (exact) mass is 421 g/mol. The minimum absolute atomic E-state index is 0.0119. The van der Waals surface area contributed by atoms with E-state index in [0.717, 1.165) is 5.69 Å². The number of carbonyl (C=O) groups is 1. The number of carbonyl (C=O) groups excluding carboxylic acids is 1. The van der Waals surface area contributed by atoms with Crippen molar-refractivity contribution in [2.24, 2.45) is 5.14 Å². The van der Waals surface area contributed by atoms with Crippen molar-refractivity contribution in [3.63, 3.8) is 0 Å². The van der Waals surface area contributed by atoms with Gasteiger partial charge in [0.2, 0.25) is 21.1 Å². The molecule has 0 fully saturated rings. The molecule has 27 heavy (non-hydrogen) atoms. The quantitative estimate of drug-likeness (QED) is 0.500. The van der Waals surface area contributed by atoms with Gasteiger partial charge in [-0.1, -0.05) is 41.3 Å². The van der Waals surface area contributed by atoms with Gasteiger partial charge in [-0.05, 0) is 36.4 Å². The Labute approximate surface area is 164 Å². The van der Waals surface area contributed by atoms with Gasteiger partial charge in [0.05, 0.1) is 10.6 Å². The van der Waals surface area contributed by atoms with Gasteiger partial charge in [0.15, 0.2) is 4.34 Å². The first kappa shape index (κ1) is 19.3. The van der Waals surface area contributed by atoms with Crippen molar-refractivity contribution in [1.29, 1.82) is 0 Å². The molecule has 1 aromatic heterocycles. The largest absolute Gasteiger partial charge is 0.330 e. The van der Waals surface area contributed by atoms with Crippen molar-refractivity contribution in [1.82, 2.24) is 10.2 Å². The Hall–Kier alpha value is -2.47. The fourth-order valence-electron chi connectivity index (χ4n) is 2.02. The SMILES string of the molecule is NS(=O)(=O)c1ccc(NC(=O)CSc2nnc(Nc3ccccc3)s2)cc1. The van der Waals surface area contributed by atoms with Crippen molar-refractivity contribution in [2.75, 3.05) is 16.4 Å². The molecule has 0 unspecified atom stereocenters. The number of para-hydroxylation sites is 1. The van der Waals surface area contributed by atoms with Crippen LogP contribution in [0.2, 0.25) is 0 Å². The number of nitrogens with one attached hydrogen (secondary N) is 2. The highest BCUT2D eigenvalue weighted by Gasteiger charge is 2.10. The topological polar surface area (TPSA) is 127 Å². The van der Waals surface area contributed by atoms with Crippen LogP contribution in [-0.2, 0) is 14.8 Å². The van der Waals surface area contributed by atoms with Crippen LogP contribution in [-0.4, -0.2) is 30.3 Å². The maximum atomic E-state index is 12.0. The first-order chi connectivity index (χ1) is 12.9. The molecule has 0 bridgehead atoms. The van der Waals surface area contributed by atoms with E-state index >= 15 is 0 Å². The lowest BCUT2D eigenvalue weighted by molar-refractivity contribution is -0.113. The van der Waals surface area contributed by atoms with Crippen molar-refractivity contribution in [2.45, 2.75) is 9.24 Å². The van der Waals surface area contributed by atoms with Gasteiger partial charge in [-0.15, -0.1) is 10.2 Å². The molecule has 4 N–H and O–H groups in total. The van der Waals surface area contributed by atoms with Gasteiger partial charge in [-0.3, -0.25) is 4.79 Å². The van der Waals surface area contributed by atoms with Gasteiger partial charge in [0.25, 0.3) is 0 Å². The molecular formula is C16H15N5O3S3. The van der Waals surface area contributed by atoms with E-state index in [2.05, 4.69) is 20.8 Å². The highest BCUT2D eigenvalue weighted by molar-refractivity contribution is 8.01. The van der Waals surface area contributed by atoms with E-state index in [4.69, 9.17) is 5.14 Å². The van der Waals surface area contributed by atoms with E-state index in [0.29, 0.717) is 15.2 Å². The zero-order valence-corrected chi connectivity index (χ0v) is 16.3. The number of hydrogen-bond donors (Lipinski definition) is 3. The predicted octanol–water partition coefficient (Wildman–Crippen LogP) is 2.66. The minimum atomic E-state index is -3.75. The summed E-state index contributed by atoms with van der Waals surface area (Å²) >= 11 is 2.61. The average Bonchev–Trinajstić information content (AvgIpc) is 3.08. The lowest BCUT2D eigenvalue weighted by Crippen LogP contribution is -2.15. The zero-order chi connectivity index (χ0) is 19.3. The summed E-state index contributed by atoms with van der Waals surface area (Å²) in [5.41, 5.74) is 1.39. The van der Waals surface area contributed by atoms with E-state index < -0.39 is 10.0 Å². The fourth-order valence-corrected chi connectivity index (χ4v) is 4.10. The van der Waals surface area contributed by atoms with Crippen LogP contribution in [0, 0.1) is 0 Å². The minimum Gasteiger partial charge on any atom is -0.330 e. The van der Waals surface area contributed by atoms with E-state index in [1.807, 2.05) is 30.3 Å². The second kappa shape index (κ2) is 8.48. The van der Waals surface area contributed by atoms with Crippen LogP contribution in [0.1, 0.15) is 0 Å². The van der Waals surface area contributed by atoms with Crippen LogP contribution in [0.5, 0.6) is 0 Å². The molecule has 140 valence electrons. The Morgan fingerprint density at radius 3 is 2.41 bits per heavy atom.